The molecule has 2 fully saturated rings. The van der Waals surface area contributed by atoms with Gasteiger partial charge in [-0.25, -0.2) is 4.98 Å². The molecule has 2 N–H and O–H groups in total. The van der Waals surface area contributed by atoms with Gasteiger partial charge in [0.2, 0.25) is 5.91 Å². The molecule has 1 amide bonds. The molecule has 2 heterocycles. The number of carbonyl (C=O) groups excluding carboxylic acids is 1. The number of hydrogen-bond donors (Lipinski definition) is 2. The van der Waals surface area contributed by atoms with Crippen LogP contribution in [0.25, 0.3) is 0 Å². The molecule has 26 heavy (non-hydrogen) atoms. The Labute approximate surface area is 152 Å². The summed E-state index contributed by atoms with van der Waals surface area (Å²) in [5.74, 6) is 0.952. The average molecular weight is 356 g/mol. The zero-order valence-electron chi connectivity index (χ0n) is 14.8. The van der Waals surface area contributed by atoms with Gasteiger partial charge in [-0.3, -0.25) is 9.78 Å². The van der Waals surface area contributed by atoms with E-state index >= 15 is 0 Å². The zero-order chi connectivity index (χ0) is 18.1. The van der Waals surface area contributed by atoms with Crippen molar-refractivity contribution >= 4 is 5.91 Å². The van der Waals surface area contributed by atoms with Crippen molar-refractivity contribution in [3.8, 4) is 5.75 Å². The van der Waals surface area contributed by atoms with Gasteiger partial charge in [-0.05, 0) is 43.2 Å². The third-order valence-electron chi connectivity index (χ3n) is 5.62. The molecule has 1 atom stereocenters. The monoisotopic (exact) mass is 356 g/mol. The molecule has 2 aromatic heterocycles. The molecule has 4 rings (SSSR count). The van der Waals surface area contributed by atoms with Crippen molar-refractivity contribution in [3.63, 3.8) is 0 Å². The summed E-state index contributed by atoms with van der Waals surface area (Å²) in [7, 11) is 1.60. The molecular formula is C19H24N4O3. The van der Waals surface area contributed by atoms with Crippen molar-refractivity contribution in [2.45, 2.75) is 44.4 Å². The predicted octanol–water partition coefficient (Wildman–Crippen LogP) is 1.70. The molecule has 2 aliphatic carbocycles. The number of pyridine rings is 1. The fourth-order valence-corrected chi connectivity index (χ4v) is 3.72. The van der Waals surface area contributed by atoms with Gasteiger partial charge in [-0.15, -0.1) is 0 Å². The van der Waals surface area contributed by atoms with Gasteiger partial charge in [0.15, 0.2) is 0 Å². The van der Waals surface area contributed by atoms with Gasteiger partial charge in [0.25, 0.3) is 0 Å². The highest BCUT2D eigenvalue weighted by atomic mass is 16.5. The number of aliphatic hydroxyl groups is 1. The Bertz CT molecular complexity index is 767. The molecule has 0 radical (unpaired) electrons. The van der Waals surface area contributed by atoms with Crippen molar-refractivity contribution in [1.29, 1.82) is 0 Å². The minimum Gasteiger partial charge on any atom is -0.495 e. The molecule has 0 unspecified atom stereocenters. The van der Waals surface area contributed by atoms with Crippen LogP contribution in [-0.2, 0) is 11.3 Å². The summed E-state index contributed by atoms with van der Waals surface area (Å²) in [6.07, 6.45) is 11.7. The molecule has 0 aromatic carbocycles. The Hall–Kier alpha value is -2.41. The van der Waals surface area contributed by atoms with E-state index in [1.165, 1.54) is 0 Å². The molecule has 0 spiro atoms. The number of amides is 1. The van der Waals surface area contributed by atoms with Crippen molar-refractivity contribution in [3.05, 3.63) is 42.7 Å². The molecule has 7 nitrogen and oxygen atoms in total. The van der Waals surface area contributed by atoms with Crippen LogP contribution in [0.15, 0.2) is 37.2 Å². The van der Waals surface area contributed by atoms with E-state index in [0.29, 0.717) is 25.1 Å². The lowest BCUT2D eigenvalue weighted by atomic mass is 9.75. The second kappa shape index (κ2) is 6.72. The second-order valence-electron chi connectivity index (χ2n) is 7.51. The smallest absolute Gasteiger partial charge is 0.228 e. The maximum Gasteiger partial charge on any atom is 0.228 e. The first kappa shape index (κ1) is 17.0. The highest BCUT2D eigenvalue weighted by Gasteiger charge is 2.51. The van der Waals surface area contributed by atoms with Crippen molar-refractivity contribution in [2.75, 3.05) is 7.11 Å². The fourth-order valence-electron chi connectivity index (χ4n) is 3.72. The molecule has 0 bridgehead atoms. The van der Waals surface area contributed by atoms with Crippen LogP contribution in [0.2, 0.25) is 0 Å². The van der Waals surface area contributed by atoms with E-state index in [2.05, 4.69) is 15.3 Å². The zero-order valence-corrected chi connectivity index (χ0v) is 14.8. The van der Waals surface area contributed by atoms with E-state index in [0.717, 1.165) is 18.4 Å². The summed E-state index contributed by atoms with van der Waals surface area (Å²) in [5, 5.41) is 13.0. The number of rotatable bonds is 7. The van der Waals surface area contributed by atoms with Crippen LogP contribution in [0, 0.1) is 11.3 Å². The van der Waals surface area contributed by atoms with E-state index in [4.69, 9.17) is 4.74 Å². The minimum atomic E-state index is -0.354. The van der Waals surface area contributed by atoms with Gasteiger partial charge in [0.1, 0.15) is 5.75 Å². The van der Waals surface area contributed by atoms with Crippen molar-refractivity contribution in [1.82, 2.24) is 19.9 Å². The number of aliphatic hydroxyl groups excluding tert-OH is 1. The summed E-state index contributed by atoms with van der Waals surface area (Å²) in [6, 6.07) is 1.76. The van der Waals surface area contributed by atoms with Crippen LogP contribution < -0.4 is 10.1 Å². The molecule has 138 valence electrons. The normalized spacial score (nSPS) is 24.4. The average Bonchev–Trinajstić information content (AvgIpc) is 3.23. The highest BCUT2D eigenvalue weighted by molar-refractivity contribution is 5.85. The van der Waals surface area contributed by atoms with Crippen LogP contribution in [-0.4, -0.2) is 38.8 Å². The number of ether oxygens (including phenoxy) is 1. The molecular weight excluding hydrogens is 332 g/mol. The Morgan fingerprint density at radius 2 is 2.23 bits per heavy atom. The fraction of sp³-hybridized carbons (Fsp3) is 0.526. The number of aromatic nitrogens is 3. The predicted molar refractivity (Wildman–Crippen MR) is 94.3 cm³/mol. The lowest BCUT2D eigenvalue weighted by Gasteiger charge is -2.38. The van der Waals surface area contributed by atoms with Crippen LogP contribution in [0.3, 0.4) is 0 Å². The van der Waals surface area contributed by atoms with Crippen molar-refractivity contribution in [2.24, 2.45) is 11.3 Å². The molecule has 2 aliphatic rings. The third-order valence-corrected chi connectivity index (χ3v) is 5.62. The van der Waals surface area contributed by atoms with Gasteiger partial charge < -0.3 is 19.7 Å². The van der Waals surface area contributed by atoms with E-state index in [1.807, 2.05) is 16.8 Å². The van der Waals surface area contributed by atoms with E-state index < -0.39 is 0 Å². The molecule has 2 aromatic rings. The number of nitrogens with zero attached hydrogens (tertiary/aromatic N) is 3. The van der Waals surface area contributed by atoms with Crippen LogP contribution in [0.5, 0.6) is 5.75 Å². The van der Waals surface area contributed by atoms with Gasteiger partial charge >= 0.3 is 0 Å². The Morgan fingerprint density at radius 1 is 1.42 bits per heavy atom. The molecule has 7 heteroatoms. The number of imidazole rings is 1. The topological polar surface area (TPSA) is 89.3 Å². The first-order valence-corrected chi connectivity index (χ1v) is 9.03. The summed E-state index contributed by atoms with van der Waals surface area (Å²) < 4.78 is 7.24. The lowest BCUT2D eigenvalue weighted by Crippen LogP contribution is -2.44. The van der Waals surface area contributed by atoms with E-state index in [9.17, 15) is 9.90 Å². The molecule has 0 saturated heterocycles. The number of hydrogen-bond acceptors (Lipinski definition) is 5. The van der Waals surface area contributed by atoms with Crippen LogP contribution in [0.1, 0.15) is 37.3 Å². The lowest BCUT2D eigenvalue weighted by molar-refractivity contribution is -0.128. The Balaban J connectivity index is 1.52. The van der Waals surface area contributed by atoms with Gasteiger partial charge in [-0.2, -0.15) is 0 Å². The highest BCUT2D eigenvalue weighted by Crippen LogP contribution is 2.48. The van der Waals surface area contributed by atoms with Crippen LogP contribution in [0.4, 0.5) is 0 Å². The standard InChI is InChI=1S/C19H24N4O3/c1-26-16-8-14(9-21-10-16)17(13-6-15(24)7-13)22-18(25)19(2-3-19)11-23-5-4-20-12-23/h4-5,8-10,12-13,15,17,24H,2-3,6-7,11H2,1H3,(H,22,25)/t13?,15?,17-/m1/s1. The summed E-state index contributed by atoms with van der Waals surface area (Å²) in [4.78, 5) is 21.4. The summed E-state index contributed by atoms with van der Waals surface area (Å²) in [5.41, 5.74) is 0.571. The first-order valence-electron chi connectivity index (χ1n) is 9.03. The number of carbonyl (C=O) groups is 1. The van der Waals surface area contributed by atoms with Crippen molar-refractivity contribution < 1.29 is 14.6 Å². The maximum atomic E-state index is 13.1. The van der Waals surface area contributed by atoms with Gasteiger partial charge in [0.05, 0.1) is 37.2 Å². The summed E-state index contributed by atoms with van der Waals surface area (Å²) >= 11 is 0. The maximum absolute atomic E-state index is 13.1. The van der Waals surface area contributed by atoms with E-state index in [1.54, 1.807) is 32.0 Å². The van der Waals surface area contributed by atoms with Gasteiger partial charge in [-0.1, -0.05) is 0 Å². The van der Waals surface area contributed by atoms with Crippen LogP contribution >= 0.6 is 0 Å². The third kappa shape index (κ3) is 3.31. The Kier molecular flexibility index (Phi) is 4.40. The number of methoxy groups -OCH3 is 1. The quantitative estimate of drug-likeness (QED) is 0.788. The van der Waals surface area contributed by atoms with E-state index in [-0.39, 0.29) is 29.4 Å². The first-order chi connectivity index (χ1) is 12.6. The largest absolute Gasteiger partial charge is 0.495 e. The second-order valence-corrected chi connectivity index (χ2v) is 7.51. The number of nitrogens with one attached hydrogen (secondary N) is 1. The Morgan fingerprint density at radius 3 is 2.85 bits per heavy atom. The SMILES string of the molecule is COc1cncc([C@H](NC(=O)C2(Cn3ccnc3)CC2)C2CC(O)C2)c1. The molecule has 0 aliphatic heterocycles. The summed E-state index contributed by atoms with van der Waals surface area (Å²) in [6.45, 7) is 0.648. The molecule has 2 saturated carbocycles. The minimum absolute atomic E-state index is 0.0698. The van der Waals surface area contributed by atoms with Gasteiger partial charge in [0, 0.05) is 25.1 Å².